The van der Waals surface area contributed by atoms with Crippen molar-refractivity contribution in [2.45, 2.75) is 19.8 Å². The molecule has 1 aliphatic rings. The number of hydrogen-bond acceptors (Lipinski definition) is 3. The van der Waals surface area contributed by atoms with E-state index in [1.165, 1.54) is 6.07 Å². The van der Waals surface area contributed by atoms with Crippen LogP contribution in [0.5, 0.6) is 0 Å². The number of ether oxygens (including phenoxy) is 2. The second kappa shape index (κ2) is 11.1. The molecule has 1 aromatic rings. The minimum atomic E-state index is -0.423. The Balaban J connectivity index is 1.85. The van der Waals surface area contributed by atoms with Gasteiger partial charge in [-0.2, -0.15) is 0 Å². The van der Waals surface area contributed by atoms with Crippen molar-refractivity contribution in [2.24, 2.45) is 10.9 Å². The highest BCUT2D eigenvalue weighted by Crippen LogP contribution is 2.17. The quantitative estimate of drug-likeness (QED) is 0.413. The third-order valence-electron chi connectivity index (χ3n) is 4.36. The first-order valence-electron chi connectivity index (χ1n) is 9.18. The molecule has 146 valence electrons. The van der Waals surface area contributed by atoms with Crippen molar-refractivity contribution >= 4 is 5.96 Å². The molecule has 1 fully saturated rings. The van der Waals surface area contributed by atoms with Crippen molar-refractivity contribution in [3.8, 4) is 0 Å². The molecule has 0 amide bonds. The van der Waals surface area contributed by atoms with Crippen LogP contribution < -0.4 is 5.32 Å². The number of methoxy groups -OCH3 is 1. The molecule has 1 atom stereocenters. The highest BCUT2D eigenvalue weighted by atomic mass is 19.1. The van der Waals surface area contributed by atoms with Gasteiger partial charge in [0.1, 0.15) is 11.6 Å². The summed E-state index contributed by atoms with van der Waals surface area (Å²) in [7, 11) is 1.66. The monoisotopic (exact) mass is 369 g/mol. The Bertz CT molecular complexity index is 584. The molecular formula is C19H29F2N3O2. The zero-order valence-corrected chi connectivity index (χ0v) is 15.6. The second-order valence-corrected chi connectivity index (χ2v) is 6.39. The van der Waals surface area contributed by atoms with Crippen molar-refractivity contribution in [3.05, 3.63) is 35.4 Å². The fourth-order valence-corrected chi connectivity index (χ4v) is 3.00. The van der Waals surface area contributed by atoms with E-state index in [0.717, 1.165) is 44.1 Å². The summed E-state index contributed by atoms with van der Waals surface area (Å²) in [6.45, 7) is 6.92. The second-order valence-electron chi connectivity index (χ2n) is 6.39. The first-order valence-corrected chi connectivity index (χ1v) is 9.18. The predicted octanol–water partition coefficient (Wildman–Crippen LogP) is 2.46. The lowest BCUT2D eigenvalue weighted by molar-refractivity contribution is 0.0536. The summed E-state index contributed by atoms with van der Waals surface area (Å²) < 4.78 is 37.6. The third-order valence-corrected chi connectivity index (χ3v) is 4.36. The fourth-order valence-electron chi connectivity index (χ4n) is 3.00. The van der Waals surface area contributed by atoms with E-state index in [1.54, 1.807) is 7.11 Å². The maximum absolute atomic E-state index is 13.7. The first-order chi connectivity index (χ1) is 12.6. The molecule has 1 heterocycles. The van der Waals surface area contributed by atoms with Crippen LogP contribution in [0.4, 0.5) is 8.78 Å². The average Bonchev–Trinajstić information content (AvgIpc) is 3.10. The zero-order valence-electron chi connectivity index (χ0n) is 15.6. The summed E-state index contributed by atoms with van der Waals surface area (Å²) in [5, 5.41) is 3.28. The number of guanidine groups is 1. The Hall–Kier alpha value is -1.73. The van der Waals surface area contributed by atoms with Gasteiger partial charge in [-0.05, 0) is 43.5 Å². The molecule has 0 saturated carbocycles. The Morgan fingerprint density at radius 2 is 2.19 bits per heavy atom. The largest absolute Gasteiger partial charge is 0.382 e. The van der Waals surface area contributed by atoms with E-state index in [4.69, 9.17) is 9.47 Å². The van der Waals surface area contributed by atoms with E-state index in [2.05, 4.69) is 15.2 Å². The topological polar surface area (TPSA) is 46.1 Å². The number of benzene rings is 1. The maximum Gasteiger partial charge on any atom is 0.193 e. The molecule has 0 aromatic heterocycles. The molecule has 1 unspecified atom stereocenters. The molecular weight excluding hydrogens is 340 g/mol. The average molecular weight is 369 g/mol. The van der Waals surface area contributed by atoms with Gasteiger partial charge in [0.05, 0.1) is 19.8 Å². The van der Waals surface area contributed by atoms with E-state index in [-0.39, 0.29) is 5.82 Å². The molecule has 0 bridgehead atoms. The summed E-state index contributed by atoms with van der Waals surface area (Å²) >= 11 is 0. The normalized spacial score (nSPS) is 17.8. The van der Waals surface area contributed by atoms with Crippen LogP contribution in [0.2, 0.25) is 0 Å². The summed E-state index contributed by atoms with van der Waals surface area (Å²) in [4.78, 5) is 6.79. The number of rotatable bonds is 9. The van der Waals surface area contributed by atoms with Crippen LogP contribution in [0, 0.1) is 17.6 Å². The van der Waals surface area contributed by atoms with Gasteiger partial charge in [-0.15, -0.1) is 0 Å². The number of nitrogens with one attached hydrogen (secondary N) is 1. The van der Waals surface area contributed by atoms with Crippen LogP contribution in [0.15, 0.2) is 23.2 Å². The molecule has 0 radical (unpaired) electrons. The SMILES string of the molecule is CCNC(=NCCc1cc(F)ccc1F)N1CCC(COCCOC)C1. The highest BCUT2D eigenvalue weighted by Gasteiger charge is 2.24. The predicted molar refractivity (Wildman–Crippen MR) is 98.4 cm³/mol. The Morgan fingerprint density at radius 3 is 2.96 bits per heavy atom. The van der Waals surface area contributed by atoms with E-state index in [9.17, 15) is 8.78 Å². The maximum atomic E-state index is 13.7. The third kappa shape index (κ3) is 6.53. The van der Waals surface area contributed by atoms with Gasteiger partial charge < -0.3 is 19.7 Å². The van der Waals surface area contributed by atoms with Crippen molar-refractivity contribution in [1.29, 1.82) is 0 Å². The number of aliphatic imine (C=N–C) groups is 1. The van der Waals surface area contributed by atoms with Gasteiger partial charge in [0.25, 0.3) is 0 Å². The Morgan fingerprint density at radius 1 is 1.35 bits per heavy atom. The molecule has 1 aliphatic heterocycles. The molecule has 26 heavy (non-hydrogen) atoms. The van der Waals surface area contributed by atoms with Crippen LogP contribution in [0.1, 0.15) is 18.9 Å². The van der Waals surface area contributed by atoms with Crippen molar-refractivity contribution in [3.63, 3.8) is 0 Å². The number of halogens is 2. The number of hydrogen-bond donors (Lipinski definition) is 1. The fraction of sp³-hybridized carbons (Fsp3) is 0.632. The van der Waals surface area contributed by atoms with Gasteiger partial charge in [-0.3, -0.25) is 4.99 Å². The minimum absolute atomic E-state index is 0.357. The van der Waals surface area contributed by atoms with E-state index < -0.39 is 5.82 Å². The standard InChI is InChI=1S/C19H29F2N3O2/c1-3-22-19(23-8-6-16-12-17(20)4-5-18(16)21)24-9-7-15(13-24)14-26-11-10-25-2/h4-5,12,15H,3,6-11,13-14H2,1-2H3,(H,22,23). The zero-order chi connectivity index (χ0) is 18.8. The lowest BCUT2D eigenvalue weighted by Gasteiger charge is -2.21. The molecule has 1 saturated heterocycles. The summed E-state index contributed by atoms with van der Waals surface area (Å²) in [6, 6.07) is 3.53. The van der Waals surface area contributed by atoms with Crippen molar-refractivity contribution in [1.82, 2.24) is 10.2 Å². The minimum Gasteiger partial charge on any atom is -0.382 e. The first kappa shape index (κ1) is 20.6. The number of nitrogens with zero attached hydrogens (tertiary/aromatic N) is 2. The van der Waals surface area contributed by atoms with Gasteiger partial charge in [0, 0.05) is 39.2 Å². The summed E-state index contributed by atoms with van der Waals surface area (Å²) in [5.41, 5.74) is 0.357. The van der Waals surface area contributed by atoms with Crippen LogP contribution in [-0.2, 0) is 15.9 Å². The lowest BCUT2D eigenvalue weighted by Crippen LogP contribution is -2.40. The molecule has 0 spiro atoms. The van der Waals surface area contributed by atoms with Gasteiger partial charge in [-0.1, -0.05) is 0 Å². The number of likely N-dealkylation sites (tertiary alicyclic amines) is 1. The van der Waals surface area contributed by atoms with Crippen LogP contribution in [0.25, 0.3) is 0 Å². The van der Waals surface area contributed by atoms with Crippen molar-refractivity contribution in [2.75, 3.05) is 53.1 Å². The smallest absolute Gasteiger partial charge is 0.193 e. The van der Waals surface area contributed by atoms with E-state index in [1.807, 2.05) is 6.92 Å². The van der Waals surface area contributed by atoms with Crippen LogP contribution in [0.3, 0.4) is 0 Å². The lowest BCUT2D eigenvalue weighted by atomic mass is 10.1. The molecule has 1 aromatic carbocycles. The summed E-state index contributed by atoms with van der Waals surface area (Å²) in [6.07, 6.45) is 1.42. The van der Waals surface area contributed by atoms with Crippen molar-refractivity contribution < 1.29 is 18.3 Å². The summed E-state index contributed by atoms with van der Waals surface area (Å²) in [5.74, 6) is 0.481. The van der Waals surface area contributed by atoms with Gasteiger partial charge in [-0.25, -0.2) is 8.78 Å². The van der Waals surface area contributed by atoms with Crippen LogP contribution >= 0.6 is 0 Å². The molecule has 5 nitrogen and oxygen atoms in total. The highest BCUT2D eigenvalue weighted by molar-refractivity contribution is 5.80. The van der Waals surface area contributed by atoms with Gasteiger partial charge in [0.15, 0.2) is 5.96 Å². The molecule has 0 aliphatic carbocycles. The Labute approximate surface area is 154 Å². The van der Waals surface area contributed by atoms with E-state index >= 15 is 0 Å². The van der Waals surface area contributed by atoms with Gasteiger partial charge in [0.2, 0.25) is 0 Å². The molecule has 1 N–H and O–H groups in total. The Kier molecular flexibility index (Phi) is 8.77. The van der Waals surface area contributed by atoms with Gasteiger partial charge >= 0.3 is 0 Å². The molecule has 7 heteroatoms. The van der Waals surface area contributed by atoms with Crippen LogP contribution in [-0.4, -0.2) is 64.0 Å². The molecule has 2 rings (SSSR count). The van der Waals surface area contributed by atoms with E-state index in [0.29, 0.717) is 44.3 Å².